The Hall–Kier alpha value is -1.66. The minimum atomic E-state index is -0.861. The van der Waals surface area contributed by atoms with Crippen LogP contribution in [0.2, 0.25) is 0 Å². The van der Waals surface area contributed by atoms with E-state index in [9.17, 15) is 9.59 Å². The normalized spacial score (nSPS) is 16.6. The molecule has 1 aliphatic rings. The van der Waals surface area contributed by atoms with E-state index in [1.165, 1.54) is 22.2 Å². The van der Waals surface area contributed by atoms with Crippen LogP contribution in [0, 0.1) is 6.92 Å². The molecule has 0 unspecified atom stereocenters. The van der Waals surface area contributed by atoms with E-state index in [0.29, 0.717) is 28.6 Å². The van der Waals surface area contributed by atoms with Gasteiger partial charge in [0.15, 0.2) is 0 Å². The minimum absolute atomic E-state index is 0.0411. The zero-order valence-corrected chi connectivity index (χ0v) is 13.9. The van der Waals surface area contributed by atoms with Crippen molar-refractivity contribution in [3.8, 4) is 0 Å². The lowest BCUT2D eigenvalue weighted by molar-refractivity contribution is -0.137. The SMILES string of the molecule is Cc1ccc(C/C=C2/SC(=S)N(CCCC(=O)O)C2=O)cc1. The number of aliphatic carboxylic acids is 1. The molecule has 4 nitrogen and oxygen atoms in total. The first-order valence-corrected chi connectivity index (χ1v) is 8.21. The first-order valence-electron chi connectivity index (χ1n) is 6.98. The van der Waals surface area contributed by atoms with Gasteiger partial charge in [-0.3, -0.25) is 14.5 Å². The number of thioether (sulfide) groups is 1. The molecule has 1 fully saturated rings. The first-order chi connectivity index (χ1) is 10.5. The predicted molar refractivity (Wildman–Crippen MR) is 91.7 cm³/mol. The molecule has 1 aliphatic heterocycles. The molecule has 0 aliphatic carbocycles. The summed E-state index contributed by atoms with van der Waals surface area (Å²) in [6.45, 7) is 2.39. The average Bonchev–Trinajstić information content (AvgIpc) is 2.74. The highest BCUT2D eigenvalue weighted by molar-refractivity contribution is 8.26. The standard InChI is InChI=1S/C16H17NO3S2/c1-11-4-6-12(7-5-11)8-9-13-15(20)17(16(21)22-13)10-2-3-14(18)19/h4-7,9H,2-3,8,10H2,1H3,(H,18,19)/b13-9+. The summed E-state index contributed by atoms with van der Waals surface area (Å²) in [5, 5.41) is 8.65. The largest absolute Gasteiger partial charge is 0.481 e. The monoisotopic (exact) mass is 335 g/mol. The van der Waals surface area contributed by atoms with Crippen molar-refractivity contribution in [1.82, 2.24) is 4.90 Å². The lowest BCUT2D eigenvalue weighted by Gasteiger charge is -2.13. The van der Waals surface area contributed by atoms with Gasteiger partial charge in [0.2, 0.25) is 0 Å². The summed E-state index contributed by atoms with van der Waals surface area (Å²) in [5.74, 6) is -0.979. The number of hydrogen-bond donors (Lipinski definition) is 1. The highest BCUT2D eigenvalue weighted by atomic mass is 32.2. The van der Waals surface area contributed by atoms with Gasteiger partial charge in [-0.05, 0) is 25.3 Å². The van der Waals surface area contributed by atoms with E-state index in [1.54, 1.807) is 0 Å². The van der Waals surface area contributed by atoms with Gasteiger partial charge in [-0.2, -0.15) is 0 Å². The van der Waals surface area contributed by atoms with Gasteiger partial charge in [0, 0.05) is 13.0 Å². The lowest BCUT2D eigenvalue weighted by Crippen LogP contribution is -2.29. The van der Waals surface area contributed by atoms with E-state index in [-0.39, 0.29) is 12.3 Å². The van der Waals surface area contributed by atoms with Crippen molar-refractivity contribution in [3.63, 3.8) is 0 Å². The van der Waals surface area contributed by atoms with Crippen molar-refractivity contribution in [3.05, 3.63) is 46.4 Å². The second-order valence-corrected chi connectivity index (χ2v) is 6.76. The Morgan fingerprint density at radius 2 is 2.05 bits per heavy atom. The molecule has 1 heterocycles. The van der Waals surface area contributed by atoms with Crippen molar-refractivity contribution < 1.29 is 14.7 Å². The number of hydrogen-bond acceptors (Lipinski definition) is 4. The number of carboxylic acids is 1. The number of rotatable bonds is 6. The van der Waals surface area contributed by atoms with Crippen molar-refractivity contribution in [2.75, 3.05) is 6.54 Å². The Bertz CT molecular complexity index is 623. The van der Waals surface area contributed by atoms with Crippen LogP contribution in [-0.4, -0.2) is 32.7 Å². The fourth-order valence-corrected chi connectivity index (χ4v) is 3.33. The van der Waals surface area contributed by atoms with E-state index in [0.717, 1.165) is 5.56 Å². The molecule has 1 saturated heterocycles. The summed E-state index contributed by atoms with van der Waals surface area (Å²) >= 11 is 6.49. The predicted octanol–water partition coefficient (Wildman–Crippen LogP) is 3.15. The topological polar surface area (TPSA) is 57.6 Å². The van der Waals surface area contributed by atoms with E-state index in [4.69, 9.17) is 17.3 Å². The molecule has 22 heavy (non-hydrogen) atoms. The fraction of sp³-hybridized carbons (Fsp3) is 0.312. The molecule has 0 spiro atoms. The molecule has 2 rings (SSSR count). The van der Waals surface area contributed by atoms with Gasteiger partial charge in [-0.25, -0.2) is 0 Å². The molecule has 116 valence electrons. The Morgan fingerprint density at radius 3 is 2.68 bits per heavy atom. The summed E-state index contributed by atoms with van der Waals surface area (Å²) in [6.07, 6.45) is 3.02. The van der Waals surface area contributed by atoms with Crippen LogP contribution in [0.15, 0.2) is 35.2 Å². The highest BCUT2D eigenvalue weighted by Crippen LogP contribution is 2.31. The van der Waals surface area contributed by atoms with Gasteiger partial charge in [0.05, 0.1) is 4.91 Å². The molecule has 1 N–H and O–H groups in total. The van der Waals surface area contributed by atoms with Crippen LogP contribution < -0.4 is 0 Å². The number of carbonyl (C=O) groups excluding carboxylic acids is 1. The Morgan fingerprint density at radius 1 is 1.36 bits per heavy atom. The number of carbonyl (C=O) groups is 2. The summed E-state index contributed by atoms with van der Waals surface area (Å²) < 4.78 is 0.505. The van der Waals surface area contributed by atoms with Crippen LogP contribution in [0.4, 0.5) is 0 Å². The number of thiocarbonyl (C=S) groups is 1. The van der Waals surface area contributed by atoms with Crippen LogP contribution in [0.1, 0.15) is 24.0 Å². The smallest absolute Gasteiger partial charge is 0.303 e. The number of carboxylic acid groups (broad SMARTS) is 1. The molecule has 0 bridgehead atoms. The molecule has 1 aromatic rings. The Kier molecular flexibility index (Phi) is 5.74. The van der Waals surface area contributed by atoms with Crippen LogP contribution >= 0.6 is 24.0 Å². The third-order valence-corrected chi connectivity index (χ3v) is 4.72. The summed E-state index contributed by atoms with van der Waals surface area (Å²) in [4.78, 5) is 24.9. The molecule has 6 heteroatoms. The summed E-state index contributed by atoms with van der Waals surface area (Å²) in [7, 11) is 0. The van der Waals surface area contributed by atoms with Crippen molar-refractivity contribution in [2.24, 2.45) is 0 Å². The maximum absolute atomic E-state index is 12.3. The number of amides is 1. The maximum atomic E-state index is 12.3. The van der Waals surface area contributed by atoms with Crippen molar-refractivity contribution in [1.29, 1.82) is 0 Å². The third-order valence-electron chi connectivity index (χ3n) is 3.29. The molecule has 0 atom stereocenters. The molecule has 1 aromatic carbocycles. The molecule has 1 amide bonds. The first kappa shape index (κ1) is 16.7. The molecule has 0 saturated carbocycles. The molecular weight excluding hydrogens is 318 g/mol. The van der Waals surface area contributed by atoms with Gasteiger partial charge in [-0.1, -0.05) is 59.9 Å². The van der Waals surface area contributed by atoms with Crippen LogP contribution in [-0.2, 0) is 16.0 Å². The second kappa shape index (κ2) is 7.56. The van der Waals surface area contributed by atoms with Crippen LogP contribution in [0.25, 0.3) is 0 Å². The molecular formula is C16H17NO3S2. The van der Waals surface area contributed by atoms with Gasteiger partial charge >= 0.3 is 5.97 Å². The quantitative estimate of drug-likeness (QED) is 0.639. The number of aryl methyl sites for hydroxylation is 1. The zero-order valence-electron chi connectivity index (χ0n) is 12.2. The number of benzene rings is 1. The molecule has 0 radical (unpaired) electrons. The van der Waals surface area contributed by atoms with Crippen molar-refractivity contribution >= 4 is 40.2 Å². The van der Waals surface area contributed by atoms with Gasteiger partial charge in [0.1, 0.15) is 4.32 Å². The van der Waals surface area contributed by atoms with E-state index < -0.39 is 5.97 Å². The zero-order chi connectivity index (χ0) is 16.1. The third kappa shape index (κ3) is 4.42. The van der Waals surface area contributed by atoms with E-state index in [2.05, 4.69) is 0 Å². The maximum Gasteiger partial charge on any atom is 0.303 e. The minimum Gasteiger partial charge on any atom is -0.481 e. The fourth-order valence-electron chi connectivity index (χ4n) is 2.05. The van der Waals surface area contributed by atoms with Gasteiger partial charge in [-0.15, -0.1) is 0 Å². The molecule has 0 aromatic heterocycles. The lowest BCUT2D eigenvalue weighted by atomic mass is 10.1. The number of nitrogens with zero attached hydrogens (tertiary/aromatic N) is 1. The van der Waals surface area contributed by atoms with Crippen LogP contribution in [0.5, 0.6) is 0 Å². The summed E-state index contributed by atoms with van der Waals surface area (Å²) in [5.41, 5.74) is 2.34. The van der Waals surface area contributed by atoms with Crippen LogP contribution in [0.3, 0.4) is 0 Å². The Labute approximate surface area is 139 Å². The van der Waals surface area contributed by atoms with E-state index in [1.807, 2.05) is 37.3 Å². The second-order valence-electron chi connectivity index (χ2n) is 5.08. The number of allylic oxidation sites excluding steroid dienone is 1. The van der Waals surface area contributed by atoms with Gasteiger partial charge < -0.3 is 5.11 Å². The van der Waals surface area contributed by atoms with Gasteiger partial charge in [0.25, 0.3) is 5.91 Å². The van der Waals surface area contributed by atoms with E-state index >= 15 is 0 Å². The van der Waals surface area contributed by atoms with Crippen molar-refractivity contribution in [2.45, 2.75) is 26.2 Å². The summed E-state index contributed by atoms with van der Waals surface area (Å²) in [6, 6.07) is 8.17. The highest BCUT2D eigenvalue weighted by Gasteiger charge is 2.31. The average molecular weight is 335 g/mol. The Balaban J connectivity index is 1.96.